The lowest BCUT2D eigenvalue weighted by Crippen LogP contribution is -3.12. The highest BCUT2D eigenvalue weighted by Gasteiger charge is 2.52. The predicted octanol–water partition coefficient (Wildman–Crippen LogP) is 4.70. The number of aromatic hydroxyl groups is 1. The molecule has 1 saturated carbocycles. The molecule has 2 aromatic carbocycles. The third-order valence-electron chi connectivity index (χ3n) is 7.93. The molecule has 3 atom stereocenters. The number of benzene rings is 2. The van der Waals surface area contributed by atoms with Crippen LogP contribution in [0, 0.1) is 10.8 Å². The quantitative estimate of drug-likeness (QED) is 0.440. The number of pyridine rings is 1. The van der Waals surface area contributed by atoms with E-state index in [2.05, 4.69) is 25.8 Å². The third kappa shape index (κ3) is 3.59. The van der Waals surface area contributed by atoms with Gasteiger partial charge in [-0.1, -0.05) is 45.0 Å². The zero-order valence-corrected chi connectivity index (χ0v) is 20.0. The number of rotatable bonds is 3. The molecule has 2 bridgehead atoms. The summed E-state index contributed by atoms with van der Waals surface area (Å²) in [6, 6.07) is 17.6. The summed E-state index contributed by atoms with van der Waals surface area (Å²) in [7, 11) is 0. The van der Waals surface area contributed by atoms with Gasteiger partial charge in [-0.15, -0.1) is 0 Å². The maximum Gasteiger partial charge on any atom is 0.345 e. The number of nitrogens with one attached hydrogen (secondary N) is 1. The number of fused-ring (bicyclic) bond motifs is 4. The van der Waals surface area contributed by atoms with Crippen molar-refractivity contribution < 1.29 is 14.4 Å². The minimum absolute atomic E-state index is 0.200. The topological polar surface area (TPSA) is 67.8 Å². The van der Waals surface area contributed by atoms with Gasteiger partial charge in [-0.2, -0.15) is 0 Å². The second kappa shape index (κ2) is 7.41. The molecule has 2 fully saturated rings. The van der Waals surface area contributed by atoms with E-state index in [1.807, 2.05) is 48.5 Å². The third-order valence-corrected chi connectivity index (χ3v) is 7.93. The summed E-state index contributed by atoms with van der Waals surface area (Å²) in [6.45, 7) is 8.89. The highest BCUT2D eigenvalue weighted by atomic mass is 16.4. The zero-order chi connectivity index (χ0) is 23.7. The Morgan fingerprint density at radius 2 is 1.85 bits per heavy atom. The summed E-state index contributed by atoms with van der Waals surface area (Å²) in [5.41, 5.74) is 3.35. The fourth-order valence-corrected chi connectivity index (χ4v) is 6.98. The van der Waals surface area contributed by atoms with Crippen LogP contribution in [0.15, 0.2) is 63.8 Å². The van der Waals surface area contributed by atoms with Gasteiger partial charge in [-0.3, -0.25) is 0 Å². The lowest BCUT2D eigenvalue weighted by Gasteiger charge is -2.37. The zero-order valence-electron chi connectivity index (χ0n) is 20.0. The molecule has 2 aromatic heterocycles. The van der Waals surface area contributed by atoms with E-state index in [1.165, 1.54) is 24.2 Å². The molecule has 174 valence electrons. The van der Waals surface area contributed by atoms with Crippen molar-refractivity contribution in [3.63, 3.8) is 0 Å². The molecular formula is C29H31N2O3+. The smallest absolute Gasteiger partial charge is 0.345 e. The van der Waals surface area contributed by atoms with Crippen molar-refractivity contribution in [2.75, 3.05) is 6.54 Å². The number of hydrogen-bond acceptors (Lipinski definition) is 4. The van der Waals surface area contributed by atoms with Gasteiger partial charge < -0.3 is 14.4 Å². The van der Waals surface area contributed by atoms with Crippen LogP contribution in [-0.4, -0.2) is 22.7 Å². The Morgan fingerprint density at radius 1 is 1.06 bits per heavy atom. The Balaban J connectivity index is 1.40. The maximum absolute atomic E-state index is 13.1. The molecule has 0 radical (unpaired) electrons. The number of nitrogens with zero attached hydrogens (tertiary/aromatic N) is 1. The van der Waals surface area contributed by atoms with Crippen LogP contribution in [0.5, 0.6) is 5.75 Å². The summed E-state index contributed by atoms with van der Waals surface area (Å²) < 4.78 is 5.89. The van der Waals surface area contributed by atoms with Crippen LogP contribution >= 0.6 is 0 Å². The number of phenols is 1. The molecule has 1 aliphatic heterocycles. The first-order valence-corrected chi connectivity index (χ1v) is 12.2. The molecule has 5 nitrogen and oxygen atoms in total. The van der Waals surface area contributed by atoms with Gasteiger partial charge in [-0.25, -0.2) is 9.78 Å². The van der Waals surface area contributed by atoms with Gasteiger partial charge in [0.15, 0.2) is 5.58 Å². The van der Waals surface area contributed by atoms with Crippen LogP contribution in [0.2, 0.25) is 0 Å². The molecule has 4 aromatic rings. The highest BCUT2D eigenvalue weighted by molar-refractivity contribution is 5.87. The Hall–Kier alpha value is -3.18. The van der Waals surface area contributed by atoms with Crippen LogP contribution in [0.3, 0.4) is 0 Å². The molecule has 0 spiro atoms. The van der Waals surface area contributed by atoms with E-state index in [0.717, 1.165) is 28.4 Å². The number of likely N-dealkylation sites (tertiary alicyclic amines) is 1. The molecule has 6 rings (SSSR count). The van der Waals surface area contributed by atoms with Crippen LogP contribution in [0.4, 0.5) is 0 Å². The van der Waals surface area contributed by atoms with Gasteiger partial charge in [0, 0.05) is 29.0 Å². The van der Waals surface area contributed by atoms with E-state index < -0.39 is 5.63 Å². The van der Waals surface area contributed by atoms with E-state index in [-0.39, 0.29) is 5.75 Å². The summed E-state index contributed by atoms with van der Waals surface area (Å²) in [4.78, 5) is 19.3. The molecule has 1 saturated heterocycles. The van der Waals surface area contributed by atoms with Gasteiger partial charge in [0.25, 0.3) is 0 Å². The fraction of sp³-hybridized carbons (Fsp3) is 0.379. The lowest BCUT2D eigenvalue weighted by molar-refractivity contribution is -0.928. The molecule has 5 heteroatoms. The number of phenolic OH excluding ortho intramolecular Hbond substituents is 1. The summed E-state index contributed by atoms with van der Waals surface area (Å²) in [5.74, 6) is 0.200. The Kier molecular flexibility index (Phi) is 4.65. The average Bonchev–Trinajstić information content (AvgIpc) is 3.02. The molecule has 0 amide bonds. The molecule has 34 heavy (non-hydrogen) atoms. The van der Waals surface area contributed by atoms with Gasteiger partial charge in [0.2, 0.25) is 0 Å². The Labute approximate surface area is 199 Å². The van der Waals surface area contributed by atoms with Crippen LogP contribution in [0.1, 0.15) is 45.6 Å². The Morgan fingerprint density at radius 3 is 2.71 bits per heavy atom. The monoisotopic (exact) mass is 455 g/mol. The number of para-hydroxylation sites is 1. The lowest BCUT2D eigenvalue weighted by atomic mass is 9.65. The van der Waals surface area contributed by atoms with Crippen LogP contribution in [0.25, 0.3) is 33.1 Å². The van der Waals surface area contributed by atoms with E-state index in [0.29, 0.717) is 40.3 Å². The minimum atomic E-state index is -0.426. The van der Waals surface area contributed by atoms with E-state index in [9.17, 15) is 9.90 Å². The first-order chi connectivity index (χ1) is 16.2. The fourth-order valence-electron chi connectivity index (χ4n) is 6.98. The van der Waals surface area contributed by atoms with Crippen molar-refractivity contribution in [2.45, 2.75) is 52.6 Å². The first-order valence-electron chi connectivity index (χ1n) is 12.2. The molecule has 1 unspecified atom stereocenters. The van der Waals surface area contributed by atoms with E-state index in [1.54, 1.807) is 6.07 Å². The maximum atomic E-state index is 13.1. The number of aromatic nitrogens is 1. The molecule has 3 heterocycles. The van der Waals surface area contributed by atoms with Crippen molar-refractivity contribution >= 4 is 21.9 Å². The second-order valence-corrected chi connectivity index (χ2v) is 11.6. The van der Waals surface area contributed by atoms with Crippen molar-refractivity contribution in [3.05, 3.63) is 70.6 Å². The van der Waals surface area contributed by atoms with Crippen molar-refractivity contribution in [2.24, 2.45) is 10.8 Å². The Bertz CT molecular complexity index is 1490. The van der Waals surface area contributed by atoms with Gasteiger partial charge in [-0.05, 0) is 42.2 Å². The minimum Gasteiger partial charge on any atom is -0.507 e. The predicted molar refractivity (Wildman–Crippen MR) is 134 cm³/mol. The average molecular weight is 456 g/mol. The molecule has 1 aliphatic carbocycles. The van der Waals surface area contributed by atoms with Gasteiger partial charge >= 0.3 is 5.63 Å². The van der Waals surface area contributed by atoms with Crippen LogP contribution in [-0.2, 0) is 6.54 Å². The second-order valence-electron chi connectivity index (χ2n) is 11.6. The van der Waals surface area contributed by atoms with Crippen molar-refractivity contribution in [1.82, 2.24) is 4.98 Å². The number of hydrogen-bond donors (Lipinski definition) is 2. The summed E-state index contributed by atoms with van der Waals surface area (Å²) in [6.07, 6.45) is 3.64. The summed E-state index contributed by atoms with van der Waals surface area (Å²) >= 11 is 0. The normalized spacial score (nSPS) is 25.7. The standard InChI is InChI=1S/C29H30N2O3/c1-28(2)13-20-14-29(3,16-28)17-31(20)15-22-25(32)11-9-19-12-21(27(33)34-26(19)22)24-10-8-18-6-4-5-7-23(18)30-24/h4-12,20,32H,13-17H2,1-3H3/p+1/t20-,29-/m0/s1. The highest BCUT2D eigenvalue weighted by Crippen LogP contribution is 2.47. The largest absolute Gasteiger partial charge is 0.507 e. The van der Waals surface area contributed by atoms with Gasteiger partial charge in [0.05, 0.1) is 34.9 Å². The molecule has 2 aliphatic rings. The van der Waals surface area contributed by atoms with Crippen LogP contribution < -0.4 is 10.5 Å². The SMILES string of the molecule is CC1(C)C[C@H]2C[C@](C)(C[NH+]2Cc2c(O)ccc3cc(-c4ccc5ccccc5n4)c(=O)oc23)C1. The molecular weight excluding hydrogens is 424 g/mol. The van der Waals surface area contributed by atoms with Crippen molar-refractivity contribution in [1.29, 1.82) is 0 Å². The number of quaternary nitrogens is 1. The van der Waals surface area contributed by atoms with Crippen molar-refractivity contribution in [3.8, 4) is 17.0 Å². The summed E-state index contributed by atoms with van der Waals surface area (Å²) in [5, 5.41) is 12.6. The molecule has 2 N–H and O–H groups in total. The van der Waals surface area contributed by atoms with E-state index in [4.69, 9.17) is 4.42 Å². The first kappa shape index (κ1) is 21.4. The van der Waals surface area contributed by atoms with E-state index >= 15 is 0 Å². The van der Waals surface area contributed by atoms with Gasteiger partial charge in [0.1, 0.15) is 12.3 Å².